The summed E-state index contributed by atoms with van der Waals surface area (Å²) in [6.07, 6.45) is 0. The molecule has 0 saturated carbocycles. The Bertz CT molecular complexity index is 954. The highest BCUT2D eigenvalue weighted by atomic mass is 32.2. The van der Waals surface area contributed by atoms with Gasteiger partial charge in [0, 0.05) is 22.5 Å². The molecular weight excluding hydrogens is 324 g/mol. The molecule has 0 aliphatic carbocycles. The topological polar surface area (TPSA) is 75.3 Å². The van der Waals surface area contributed by atoms with Crippen LogP contribution >= 0.6 is 0 Å². The summed E-state index contributed by atoms with van der Waals surface area (Å²) in [5.41, 5.74) is 4.16. The van der Waals surface area contributed by atoms with Crippen molar-refractivity contribution in [2.75, 3.05) is 10.0 Å². The Morgan fingerprint density at radius 1 is 1.04 bits per heavy atom. The second-order valence-corrected chi connectivity index (χ2v) is 7.69. The van der Waals surface area contributed by atoms with Crippen LogP contribution in [0.3, 0.4) is 0 Å². The SMILES string of the molecule is CC(C)=C1C(=O)Nc2ccc(S(=O)(=O)Nc3ccc(C)cc3)cc21. The van der Waals surface area contributed by atoms with E-state index in [0.29, 0.717) is 22.5 Å². The van der Waals surface area contributed by atoms with Crippen molar-refractivity contribution in [3.05, 3.63) is 59.2 Å². The maximum Gasteiger partial charge on any atom is 0.261 e. The quantitative estimate of drug-likeness (QED) is 0.838. The van der Waals surface area contributed by atoms with Crippen molar-refractivity contribution in [1.29, 1.82) is 0 Å². The predicted octanol–water partition coefficient (Wildman–Crippen LogP) is 3.54. The molecule has 2 aromatic carbocycles. The number of sulfonamides is 1. The van der Waals surface area contributed by atoms with E-state index in [1.165, 1.54) is 12.1 Å². The fraction of sp³-hybridized carbons (Fsp3) is 0.167. The lowest BCUT2D eigenvalue weighted by Crippen LogP contribution is -2.13. The van der Waals surface area contributed by atoms with Crippen LogP contribution in [0.25, 0.3) is 5.57 Å². The van der Waals surface area contributed by atoms with E-state index in [-0.39, 0.29) is 10.8 Å². The van der Waals surface area contributed by atoms with Gasteiger partial charge in [0.25, 0.3) is 15.9 Å². The second kappa shape index (κ2) is 5.79. The number of carbonyl (C=O) groups excluding carboxylic acids is 1. The van der Waals surface area contributed by atoms with Gasteiger partial charge in [-0.1, -0.05) is 23.3 Å². The fourth-order valence-corrected chi connectivity index (χ4v) is 3.73. The van der Waals surface area contributed by atoms with E-state index in [2.05, 4.69) is 10.0 Å². The van der Waals surface area contributed by atoms with Gasteiger partial charge in [0.1, 0.15) is 0 Å². The molecule has 124 valence electrons. The van der Waals surface area contributed by atoms with Crippen LogP contribution in [-0.2, 0) is 14.8 Å². The summed E-state index contributed by atoms with van der Waals surface area (Å²) in [6.45, 7) is 5.59. The van der Waals surface area contributed by atoms with Crippen LogP contribution in [0.2, 0.25) is 0 Å². The minimum absolute atomic E-state index is 0.122. The maximum absolute atomic E-state index is 12.6. The Labute approximate surface area is 141 Å². The van der Waals surface area contributed by atoms with Crippen LogP contribution in [0.1, 0.15) is 25.0 Å². The summed E-state index contributed by atoms with van der Waals surface area (Å²) in [4.78, 5) is 12.1. The molecule has 1 heterocycles. The molecule has 6 heteroatoms. The molecule has 1 amide bonds. The van der Waals surface area contributed by atoms with Gasteiger partial charge in [-0.2, -0.15) is 0 Å². The summed E-state index contributed by atoms with van der Waals surface area (Å²) in [7, 11) is -3.73. The molecule has 3 rings (SSSR count). The predicted molar refractivity (Wildman–Crippen MR) is 95.3 cm³/mol. The Balaban J connectivity index is 2.00. The summed E-state index contributed by atoms with van der Waals surface area (Å²) in [5.74, 6) is -0.203. The van der Waals surface area contributed by atoms with Crippen molar-refractivity contribution in [2.45, 2.75) is 25.7 Å². The van der Waals surface area contributed by atoms with E-state index < -0.39 is 10.0 Å². The zero-order chi connectivity index (χ0) is 17.5. The molecular formula is C18H18N2O3S. The highest BCUT2D eigenvalue weighted by Gasteiger charge is 2.27. The molecule has 0 unspecified atom stereocenters. The Morgan fingerprint density at radius 2 is 1.71 bits per heavy atom. The number of anilines is 2. The molecule has 0 aromatic heterocycles. The monoisotopic (exact) mass is 342 g/mol. The summed E-state index contributed by atoms with van der Waals surface area (Å²) in [6, 6.07) is 11.7. The van der Waals surface area contributed by atoms with Crippen molar-refractivity contribution >= 4 is 32.9 Å². The minimum atomic E-state index is -3.73. The number of benzene rings is 2. The largest absolute Gasteiger partial charge is 0.321 e. The maximum atomic E-state index is 12.6. The molecule has 0 spiro atoms. The lowest BCUT2D eigenvalue weighted by atomic mass is 10.0. The summed E-state index contributed by atoms with van der Waals surface area (Å²) < 4.78 is 27.8. The van der Waals surface area contributed by atoms with Crippen LogP contribution in [0.15, 0.2) is 52.9 Å². The van der Waals surface area contributed by atoms with Gasteiger partial charge in [-0.15, -0.1) is 0 Å². The number of rotatable bonds is 3. The molecule has 1 aliphatic rings. The molecule has 0 radical (unpaired) electrons. The van der Waals surface area contributed by atoms with Gasteiger partial charge in [0.2, 0.25) is 0 Å². The lowest BCUT2D eigenvalue weighted by molar-refractivity contribution is -0.110. The zero-order valence-corrected chi connectivity index (χ0v) is 14.5. The van der Waals surface area contributed by atoms with Crippen molar-refractivity contribution < 1.29 is 13.2 Å². The highest BCUT2D eigenvalue weighted by molar-refractivity contribution is 7.92. The molecule has 0 atom stereocenters. The van der Waals surface area contributed by atoms with Gasteiger partial charge in [0.15, 0.2) is 0 Å². The number of amides is 1. The van der Waals surface area contributed by atoms with E-state index in [1.54, 1.807) is 18.2 Å². The standard InChI is InChI=1S/C18H18N2O3S/c1-11(2)17-15-10-14(8-9-16(15)19-18(17)21)24(22,23)20-13-6-4-12(3)5-7-13/h4-10,20H,1-3H3,(H,19,21). The number of aryl methyl sites for hydroxylation is 1. The Hall–Kier alpha value is -2.60. The van der Waals surface area contributed by atoms with Crippen LogP contribution in [0.5, 0.6) is 0 Å². The van der Waals surface area contributed by atoms with E-state index in [9.17, 15) is 13.2 Å². The van der Waals surface area contributed by atoms with Gasteiger partial charge in [-0.3, -0.25) is 9.52 Å². The second-order valence-electron chi connectivity index (χ2n) is 6.01. The lowest BCUT2D eigenvalue weighted by Gasteiger charge is -2.10. The van der Waals surface area contributed by atoms with Crippen molar-refractivity contribution in [2.24, 2.45) is 0 Å². The van der Waals surface area contributed by atoms with Crippen LogP contribution in [-0.4, -0.2) is 14.3 Å². The third-order valence-electron chi connectivity index (χ3n) is 3.85. The van der Waals surface area contributed by atoms with Crippen LogP contribution in [0.4, 0.5) is 11.4 Å². The summed E-state index contributed by atoms with van der Waals surface area (Å²) in [5, 5.41) is 2.75. The van der Waals surface area contributed by atoms with Gasteiger partial charge < -0.3 is 5.32 Å². The van der Waals surface area contributed by atoms with E-state index in [1.807, 2.05) is 32.9 Å². The third-order valence-corrected chi connectivity index (χ3v) is 5.23. The van der Waals surface area contributed by atoms with Gasteiger partial charge >= 0.3 is 0 Å². The first-order chi connectivity index (χ1) is 11.3. The zero-order valence-electron chi connectivity index (χ0n) is 13.7. The molecule has 0 saturated heterocycles. The Morgan fingerprint density at radius 3 is 2.33 bits per heavy atom. The number of nitrogens with one attached hydrogen (secondary N) is 2. The van der Waals surface area contributed by atoms with E-state index in [4.69, 9.17) is 0 Å². The van der Waals surface area contributed by atoms with Gasteiger partial charge in [0.05, 0.1) is 4.90 Å². The normalized spacial score (nSPS) is 13.5. The van der Waals surface area contributed by atoms with Gasteiger partial charge in [-0.05, 0) is 51.1 Å². The first kappa shape index (κ1) is 16.3. The van der Waals surface area contributed by atoms with Crippen molar-refractivity contribution in [3.8, 4) is 0 Å². The average molecular weight is 342 g/mol. The smallest absolute Gasteiger partial charge is 0.261 e. The van der Waals surface area contributed by atoms with Crippen molar-refractivity contribution in [3.63, 3.8) is 0 Å². The number of hydrogen-bond acceptors (Lipinski definition) is 3. The fourth-order valence-electron chi connectivity index (χ4n) is 2.65. The third kappa shape index (κ3) is 2.92. The molecule has 0 bridgehead atoms. The number of carbonyl (C=O) groups is 1. The van der Waals surface area contributed by atoms with E-state index >= 15 is 0 Å². The molecule has 2 N–H and O–H groups in total. The number of hydrogen-bond donors (Lipinski definition) is 2. The summed E-state index contributed by atoms with van der Waals surface area (Å²) >= 11 is 0. The van der Waals surface area contributed by atoms with E-state index in [0.717, 1.165) is 11.1 Å². The highest BCUT2D eigenvalue weighted by Crippen LogP contribution is 2.35. The van der Waals surface area contributed by atoms with Crippen LogP contribution in [0, 0.1) is 6.92 Å². The first-order valence-electron chi connectivity index (χ1n) is 7.51. The Kier molecular flexibility index (Phi) is 3.93. The van der Waals surface area contributed by atoms with Gasteiger partial charge in [-0.25, -0.2) is 8.42 Å². The molecule has 2 aromatic rings. The van der Waals surface area contributed by atoms with Crippen molar-refractivity contribution in [1.82, 2.24) is 0 Å². The minimum Gasteiger partial charge on any atom is -0.321 e. The van der Waals surface area contributed by atoms with Crippen LogP contribution < -0.4 is 10.0 Å². The number of allylic oxidation sites excluding steroid dienone is 1. The molecule has 24 heavy (non-hydrogen) atoms. The first-order valence-corrected chi connectivity index (χ1v) is 8.99. The average Bonchev–Trinajstić information content (AvgIpc) is 2.84. The molecule has 5 nitrogen and oxygen atoms in total. The molecule has 0 fully saturated rings. The molecule has 1 aliphatic heterocycles. The number of fused-ring (bicyclic) bond motifs is 1.